The SMILES string of the molecule is CCCC(C)CC(=O)CC(C)N. The van der Waals surface area contributed by atoms with E-state index in [9.17, 15) is 4.79 Å². The third-order valence-electron chi connectivity index (χ3n) is 1.91. The average molecular weight is 171 g/mol. The van der Waals surface area contributed by atoms with Gasteiger partial charge in [0.25, 0.3) is 0 Å². The van der Waals surface area contributed by atoms with Crippen LogP contribution in [-0.4, -0.2) is 11.8 Å². The van der Waals surface area contributed by atoms with E-state index < -0.39 is 0 Å². The summed E-state index contributed by atoms with van der Waals surface area (Å²) in [6.07, 6.45) is 3.54. The quantitative estimate of drug-likeness (QED) is 0.665. The number of ketones is 1. The molecule has 0 aromatic heterocycles. The van der Waals surface area contributed by atoms with E-state index in [0.29, 0.717) is 24.5 Å². The van der Waals surface area contributed by atoms with Gasteiger partial charge in [-0.25, -0.2) is 0 Å². The van der Waals surface area contributed by atoms with Crippen LogP contribution in [0.3, 0.4) is 0 Å². The molecule has 0 rings (SSSR count). The summed E-state index contributed by atoms with van der Waals surface area (Å²) < 4.78 is 0. The first-order chi connectivity index (χ1) is 5.56. The maximum atomic E-state index is 11.3. The first-order valence-corrected chi connectivity index (χ1v) is 4.83. The highest BCUT2D eigenvalue weighted by atomic mass is 16.1. The van der Waals surface area contributed by atoms with Gasteiger partial charge < -0.3 is 5.73 Å². The van der Waals surface area contributed by atoms with Gasteiger partial charge in [-0.1, -0.05) is 26.7 Å². The molecule has 0 aliphatic rings. The molecule has 0 fully saturated rings. The largest absolute Gasteiger partial charge is 0.328 e. The van der Waals surface area contributed by atoms with Gasteiger partial charge in [-0.05, 0) is 12.8 Å². The summed E-state index contributed by atoms with van der Waals surface area (Å²) in [5.74, 6) is 0.840. The van der Waals surface area contributed by atoms with Crippen LogP contribution in [0.15, 0.2) is 0 Å². The number of carbonyl (C=O) groups is 1. The van der Waals surface area contributed by atoms with E-state index in [4.69, 9.17) is 5.73 Å². The number of nitrogens with two attached hydrogens (primary N) is 1. The Morgan fingerprint density at radius 2 is 1.92 bits per heavy atom. The Kier molecular flexibility index (Phi) is 5.99. The zero-order valence-electron chi connectivity index (χ0n) is 8.47. The predicted octanol–water partition coefficient (Wildman–Crippen LogP) is 2.12. The number of hydrogen-bond acceptors (Lipinski definition) is 2. The predicted molar refractivity (Wildman–Crippen MR) is 52.0 cm³/mol. The van der Waals surface area contributed by atoms with Gasteiger partial charge in [0.15, 0.2) is 0 Å². The minimum absolute atomic E-state index is 0.0197. The second-order valence-corrected chi connectivity index (χ2v) is 3.82. The first kappa shape index (κ1) is 11.6. The van der Waals surface area contributed by atoms with Crippen molar-refractivity contribution in [1.82, 2.24) is 0 Å². The highest BCUT2D eigenvalue weighted by Crippen LogP contribution is 2.11. The molecule has 2 N–H and O–H groups in total. The normalized spacial score (nSPS) is 15.7. The van der Waals surface area contributed by atoms with Gasteiger partial charge in [-0.15, -0.1) is 0 Å². The summed E-state index contributed by atoms with van der Waals surface area (Å²) in [6, 6.07) is 0.0197. The third kappa shape index (κ3) is 6.35. The van der Waals surface area contributed by atoms with Crippen molar-refractivity contribution in [2.45, 2.75) is 52.5 Å². The summed E-state index contributed by atoms with van der Waals surface area (Å²) in [4.78, 5) is 11.3. The lowest BCUT2D eigenvalue weighted by molar-refractivity contribution is -0.120. The molecule has 72 valence electrons. The fourth-order valence-electron chi connectivity index (χ4n) is 1.43. The van der Waals surface area contributed by atoms with E-state index in [2.05, 4.69) is 13.8 Å². The Hall–Kier alpha value is -0.370. The molecule has 0 saturated carbocycles. The Morgan fingerprint density at radius 3 is 2.33 bits per heavy atom. The molecule has 12 heavy (non-hydrogen) atoms. The van der Waals surface area contributed by atoms with Crippen LogP contribution >= 0.6 is 0 Å². The molecule has 0 aliphatic carbocycles. The Bertz CT molecular complexity index is 132. The fraction of sp³-hybridized carbons (Fsp3) is 0.900. The molecule has 0 aromatic carbocycles. The zero-order chi connectivity index (χ0) is 9.56. The van der Waals surface area contributed by atoms with Gasteiger partial charge in [-0.3, -0.25) is 4.79 Å². The smallest absolute Gasteiger partial charge is 0.134 e. The number of rotatable bonds is 6. The van der Waals surface area contributed by atoms with E-state index in [1.54, 1.807) is 0 Å². The number of Topliss-reactive ketones (excluding diaryl/α,β-unsaturated/α-hetero) is 1. The molecule has 0 bridgehead atoms. The molecule has 0 saturated heterocycles. The molecule has 2 unspecified atom stereocenters. The Balaban J connectivity index is 3.54. The minimum atomic E-state index is 0.0197. The van der Waals surface area contributed by atoms with Crippen LogP contribution in [0.4, 0.5) is 0 Å². The molecule has 0 aliphatic heterocycles. The molecule has 2 heteroatoms. The van der Waals surface area contributed by atoms with Crippen LogP contribution in [0.5, 0.6) is 0 Å². The number of hydrogen-bond donors (Lipinski definition) is 1. The molecular weight excluding hydrogens is 150 g/mol. The van der Waals surface area contributed by atoms with Crippen molar-refractivity contribution in [1.29, 1.82) is 0 Å². The zero-order valence-corrected chi connectivity index (χ0v) is 8.47. The van der Waals surface area contributed by atoms with Crippen LogP contribution in [0.25, 0.3) is 0 Å². The van der Waals surface area contributed by atoms with Crippen LogP contribution in [-0.2, 0) is 4.79 Å². The van der Waals surface area contributed by atoms with Crippen molar-refractivity contribution in [2.75, 3.05) is 0 Å². The first-order valence-electron chi connectivity index (χ1n) is 4.83. The van der Waals surface area contributed by atoms with Crippen molar-refractivity contribution >= 4 is 5.78 Å². The number of carbonyl (C=O) groups excluding carboxylic acids is 1. The fourth-order valence-corrected chi connectivity index (χ4v) is 1.43. The highest BCUT2D eigenvalue weighted by molar-refractivity contribution is 5.79. The van der Waals surface area contributed by atoms with E-state index in [-0.39, 0.29) is 6.04 Å². The van der Waals surface area contributed by atoms with E-state index >= 15 is 0 Å². The topological polar surface area (TPSA) is 43.1 Å². The van der Waals surface area contributed by atoms with Gasteiger partial charge in [0.1, 0.15) is 5.78 Å². The van der Waals surface area contributed by atoms with Gasteiger partial charge >= 0.3 is 0 Å². The lowest BCUT2D eigenvalue weighted by Gasteiger charge is -2.09. The molecule has 0 spiro atoms. The average Bonchev–Trinajstić information content (AvgIpc) is 1.84. The van der Waals surface area contributed by atoms with Crippen molar-refractivity contribution in [2.24, 2.45) is 11.7 Å². The molecule has 0 amide bonds. The summed E-state index contributed by atoms with van der Waals surface area (Å²) in [6.45, 7) is 6.15. The van der Waals surface area contributed by atoms with Crippen LogP contribution in [0, 0.1) is 5.92 Å². The maximum Gasteiger partial charge on any atom is 0.134 e. The molecule has 2 atom stereocenters. The van der Waals surface area contributed by atoms with Crippen molar-refractivity contribution in [3.05, 3.63) is 0 Å². The van der Waals surface area contributed by atoms with Crippen LogP contribution in [0.1, 0.15) is 46.5 Å². The molecular formula is C10H21NO. The van der Waals surface area contributed by atoms with Crippen LogP contribution in [0.2, 0.25) is 0 Å². The van der Waals surface area contributed by atoms with E-state index in [1.807, 2.05) is 6.92 Å². The molecule has 0 heterocycles. The van der Waals surface area contributed by atoms with Gasteiger partial charge in [0, 0.05) is 18.9 Å². The molecule has 2 nitrogen and oxygen atoms in total. The standard InChI is InChI=1S/C10H21NO/c1-4-5-8(2)6-10(12)7-9(3)11/h8-9H,4-7,11H2,1-3H3. The van der Waals surface area contributed by atoms with E-state index in [1.165, 1.54) is 0 Å². The summed E-state index contributed by atoms with van der Waals surface area (Å²) in [7, 11) is 0. The lowest BCUT2D eigenvalue weighted by atomic mass is 9.97. The highest BCUT2D eigenvalue weighted by Gasteiger charge is 2.09. The third-order valence-corrected chi connectivity index (χ3v) is 1.91. The van der Waals surface area contributed by atoms with Crippen molar-refractivity contribution in [3.8, 4) is 0 Å². The second-order valence-electron chi connectivity index (χ2n) is 3.82. The van der Waals surface area contributed by atoms with Crippen molar-refractivity contribution in [3.63, 3.8) is 0 Å². The monoisotopic (exact) mass is 171 g/mol. The molecule has 0 radical (unpaired) electrons. The summed E-state index contributed by atoms with van der Waals surface area (Å²) in [5, 5.41) is 0. The lowest BCUT2D eigenvalue weighted by Crippen LogP contribution is -2.20. The summed E-state index contributed by atoms with van der Waals surface area (Å²) >= 11 is 0. The second kappa shape index (κ2) is 6.18. The van der Waals surface area contributed by atoms with Gasteiger partial charge in [0.2, 0.25) is 0 Å². The van der Waals surface area contributed by atoms with Crippen molar-refractivity contribution < 1.29 is 4.79 Å². The van der Waals surface area contributed by atoms with Crippen LogP contribution < -0.4 is 5.73 Å². The minimum Gasteiger partial charge on any atom is -0.328 e. The molecule has 0 aromatic rings. The van der Waals surface area contributed by atoms with Gasteiger partial charge in [0.05, 0.1) is 0 Å². The summed E-state index contributed by atoms with van der Waals surface area (Å²) in [5.41, 5.74) is 5.52. The maximum absolute atomic E-state index is 11.3. The van der Waals surface area contributed by atoms with E-state index in [0.717, 1.165) is 12.8 Å². The Morgan fingerprint density at radius 1 is 1.33 bits per heavy atom. The Labute approximate surface area is 75.5 Å². The van der Waals surface area contributed by atoms with Gasteiger partial charge in [-0.2, -0.15) is 0 Å².